The molecule has 0 fully saturated rings. The summed E-state index contributed by atoms with van der Waals surface area (Å²) in [7, 11) is 0. The van der Waals surface area contributed by atoms with E-state index >= 15 is 0 Å². The molecule has 0 bridgehead atoms. The van der Waals surface area contributed by atoms with E-state index in [0.717, 1.165) is 0 Å². The fourth-order valence-corrected chi connectivity index (χ4v) is 0.973. The van der Waals surface area contributed by atoms with Crippen LogP contribution in [0.15, 0.2) is 21.5 Å². The first-order valence-electron chi connectivity index (χ1n) is 1.97. The molecule has 0 aromatic rings. The van der Waals surface area contributed by atoms with E-state index in [1.165, 1.54) is 6.42 Å². The summed E-state index contributed by atoms with van der Waals surface area (Å²) in [5.41, 5.74) is 0. The zero-order chi connectivity index (χ0) is 4.41. The Morgan fingerprint density at radius 2 is 2.00 bits per heavy atom. The molecule has 43 valence electrons. The number of halogens is 2. The molecule has 0 saturated carbocycles. The van der Waals surface area contributed by atoms with Crippen LogP contribution >= 0.6 is 0 Å². The van der Waals surface area contributed by atoms with Crippen LogP contribution in [0.3, 0.4) is 0 Å². The minimum absolute atomic E-state index is 0. The van der Waals surface area contributed by atoms with Crippen molar-refractivity contribution in [3.05, 3.63) is 21.5 Å². The van der Waals surface area contributed by atoms with E-state index in [1.807, 2.05) is 0 Å². The maximum atomic E-state index is 2.18. The fraction of sp³-hybridized carbons (Fsp3) is 0.200. The van der Waals surface area contributed by atoms with E-state index in [0.29, 0.717) is 0 Å². The molecule has 0 aromatic heterocycles. The van der Waals surface area contributed by atoms with Crippen LogP contribution in [-0.2, 0) is 24.7 Å². The van der Waals surface area contributed by atoms with Crippen molar-refractivity contribution in [1.82, 2.24) is 0 Å². The van der Waals surface area contributed by atoms with E-state index in [2.05, 4.69) is 18.2 Å². The van der Waals surface area contributed by atoms with Gasteiger partial charge in [-0.05, 0) is 0 Å². The molecule has 1 rings (SSSR count). The van der Waals surface area contributed by atoms with Crippen molar-refractivity contribution in [2.75, 3.05) is 0 Å². The third-order valence-electron chi connectivity index (χ3n) is 0.771. The summed E-state index contributed by atoms with van der Waals surface area (Å²) in [6.45, 7) is 0. The predicted molar refractivity (Wildman–Crippen MR) is 21.8 cm³/mol. The summed E-state index contributed by atoms with van der Waals surface area (Å²) in [4.78, 5) is 0. The van der Waals surface area contributed by atoms with Crippen molar-refractivity contribution in [3.8, 4) is 0 Å². The minimum atomic E-state index is 0. The first-order chi connectivity index (χ1) is 2.89. The van der Waals surface area contributed by atoms with E-state index in [1.54, 1.807) is 28.0 Å². The first-order valence-corrected chi connectivity index (χ1v) is 3.20. The maximum absolute atomic E-state index is 2.18. The molecule has 0 heterocycles. The Labute approximate surface area is 99.1 Å². The van der Waals surface area contributed by atoms with Crippen LogP contribution in [0.25, 0.3) is 0 Å². The van der Waals surface area contributed by atoms with Crippen LogP contribution in [0, 0.1) is 0 Å². The molecule has 0 aromatic carbocycles. The van der Waals surface area contributed by atoms with Gasteiger partial charge < -0.3 is 48.0 Å². The number of rotatable bonds is 0. The van der Waals surface area contributed by atoms with Crippen molar-refractivity contribution in [3.63, 3.8) is 0 Å². The Morgan fingerprint density at radius 1 is 1.38 bits per heavy atom. The van der Waals surface area contributed by atoms with Gasteiger partial charge in [-0.1, -0.05) is 0 Å². The molecule has 0 unspecified atom stereocenters. The Balaban J connectivity index is 0. The molecular formula is C5H5I2Zr. The van der Waals surface area contributed by atoms with Crippen molar-refractivity contribution in [1.29, 1.82) is 0 Å². The summed E-state index contributed by atoms with van der Waals surface area (Å²) < 4.78 is 1.56. The normalized spacial score (nSPS) is 14.0. The third kappa shape index (κ3) is 4.68. The van der Waals surface area contributed by atoms with E-state index < -0.39 is 0 Å². The number of hydrogen-bond acceptors (Lipinski definition) is 0. The first kappa shape index (κ1) is 12.5. The molecule has 0 amide bonds. The zero-order valence-electron chi connectivity index (χ0n) is 4.20. The molecular weight excluding hydrogens is 405 g/mol. The molecule has 0 nitrogen and oxygen atoms in total. The molecule has 0 N–H and O–H groups in total. The van der Waals surface area contributed by atoms with E-state index in [4.69, 9.17) is 0 Å². The zero-order valence-corrected chi connectivity index (χ0v) is 11.0. The van der Waals surface area contributed by atoms with Crippen molar-refractivity contribution >= 4 is 0 Å². The van der Waals surface area contributed by atoms with Crippen molar-refractivity contribution in [2.45, 2.75) is 6.42 Å². The van der Waals surface area contributed by atoms with Crippen molar-refractivity contribution < 1.29 is 72.7 Å². The Morgan fingerprint density at radius 3 is 2.12 bits per heavy atom. The molecule has 0 radical (unpaired) electrons. The monoisotopic (exact) mass is 409 g/mol. The van der Waals surface area contributed by atoms with Crippen LogP contribution < -0.4 is 48.0 Å². The second kappa shape index (κ2) is 6.94. The molecule has 0 aliphatic heterocycles. The summed E-state index contributed by atoms with van der Waals surface area (Å²) >= 11 is 1.56. The van der Waals surface area contributed by atoms with Crippen LogP contribution in [0.1, 0.15) is 6.42 Å². The number of hydrogen-bond donors (Lipinski definition) is 0. The molecule has 0 spiro atoms. The van der Waals surface area contributed by atoms with Gasteiger partial charge in [0.05, 0.1) is 0 Å². The van der Waals surface area contributed by atoms with Gasteiger partial charge >= 0.3 is 52.6 Å². The van der Waals surface area contributed by atoms with Gasteiger partial charge in [-0.25, -0.2) is 0 Å². The van der Waals surface area contributed by atoms with Crippen molar-refractivity contribution in [2.24, 2.45) is 0 Å². The Bertz CT molecular complexity index is 107. The quantitative estimate of drug-likeness (QED) is 0.353. The van der Waals surface area contributed by atoms with Crippen LogP contribution in [0.5, 0.6) is 0 Å². The SMILES string of the molecule is [I-].[I-].[Zr+2][C]1=CC=CC1. The van der Waals surface area contributed by atoms with Gasteiger partial charge in [-0.2, -0.15) is 0 Å². The standard InChI is InChI=1S/C5H5.2HI.Zr/c1-2-4-5-3-1;;;/h1-3H,4H2;2*1H;/q;;;+2/p-2. The van der Waals surface area contributed by atoms with Crippen LogP contribution in [0.4, 0.5) is 0 Å². The van der Waals surface area contributed by atoms with Gasteiger partial charge in [-0.15, -0.1) is 0 Å². The summed E-state index contributed by atoms with van der Waals surface area (Å²) in [6.07, 6.45) is 7.69. The molecule has 1 aliphatic rings. The van der Waals surface area contributed by atoms with Gasteiger partial charge in [0.15, 0.2) is 0 Å². The summed E-state index contributed by atoms with van der Waals surface area (Å²) in [6, 6.07) is 0. The molecule has 3 heteroatoms. The molecule has 8 heavy (non-hydrogen) atoms. The van der Waals surface area contributed by atoms with Crippen LogP contribution in [-0.4, -0.2) is 0 Å². The average Bonchev–Trinajstić information content (AvgIpc) is 1.86. The Kier molecular flexibility index (Phi) is 10.8. The van der Waals surface area contributed by atoms with Gasteiger partial charge in [0.25, 0.3) is 0 Å². The van der Waals surface area contributed by atoms with Gasteiger partial charge in [0.1, 0.15) is 0 Å². The van der Waals surface area contributed by atoms with Gasteiger partial charge in [0.2, 0.25) is 0 Å². The van der Waals surface area contributed by atoms with E-state index in [-0.39, 0.29) is 48.0 Å². The molecule has 0 atom stereocenters. The second-order valence-corrected chi connectivity index (χ2v) is 2.90. The fourth-order valence-electron chi connectivity index (χ4n) is 0.447. The predicted octanol–water partition coefficient (Wildman–Crippen LogP) is -4.61. The topological polar surface area (TPSA) is 0 Å². The molecule has 1 aliphatic carbocycles. The Hall–Kier alpha value is 1.82. The van der Waals surface area contributed by atoms with Crippen LogP contribution in [0.2, 0.25) is 0 Å². The van der Waals surface area contributed by atoms with Gasteiger partial charge in [-0.3, -0.25) is 0 Å². The average molecular weight is 410 g/mol. The summed E-state index contributed by atoms with van der Waals surface area (Å²) in [5, 5.41) is 0. The summed E-state index contributed by atoms with van der Waals surface area (Å²) in [5.74, 6) is 0. The third-order valence-corrected chi connectivity index (χ3v) is 1.68. The van der Waals surface area contributed by atoms with Gasteiger partial charge in [0, 0.05) is 0 Å². The second-order valence-electron chi connectivity index (χ2n) is 1.32. The molecule has 0 saturated heterocycles. The number of allylic oxidation sites excluding steroid dienone is 4. The van der Waals surface area contributed by atoms with E-state index in [9.17, 15) is 0 Å².